The minimum atomic E-state index is -0.882. The number of carbonyl (C=O) groups is 3. The van der Waals surface area contributed by atoms with Gasteiger partial charge in [-0.25, -0.2) is 4.79 Å². The summed E-state index contributed by atoms with van der Waals surface area (Å²) in [6.07, 6.45) is 47.3. The van der Waals surface area contributed by atoms with Crippen molar-refractivity contribution in [1.29, 1.82) is 0 Å². The van der Waals surface area contributed by atoms with Crippen molar-refractivity contribution in [2.45, 2.75) is 206 Å². The van der Waals surface area contributed by atoms with Gasteiger partial charge in [0.05, 0.1) is 34.4 Å². The zero-order valence-electron chi connectivity index (χ0n) is 37.5. The van der Waals surface area contributed by atoms with Crippen molar-refractivity contribution in [3.8, 4) is 0 Å². The molecule has 8 heteroatoms. The summed E-state index contributed by atoms with van der Waals surface area (Å²) in [6, 6.07) is -0.622. The van der Waals surface area contributed by atoms with E-state index in [-0.39, 0.29) is 42.7 Å². The number of carboxylic acids is 1. The molecule has 0 aromatic rings. The van der Waals surface area contributed by atoms with Gasteiger partial charge in [-0.3, -0.25) is 9.59 Å². The standard InChI is InChI=1S/C49H87NO7/c1-6-8-10-12-14-16-18-20-22-23-24-26-27-29-31-33-35-37-39-47(51)56-44-45(43-55-42-41-46(49(53)54)50(3,4)5)57-48(52)40-38-36-34-32-30-28-25-21-19-17-15-13-11-9-7-2/h9,11,15,17,21,25,30,32,45-46H,6-8,10,12-14,16,18-20,22-24,26-29,31,33-44H2,1-5H3/p+1/b11-9-,17-15-,25-21-,32-30-. The van der Waals surface area contributed by atoms with Gasteiger partial charge in [0.25, 0.3) is 0 Å². The van der Waals surface area contributed by atoms with Gasteiger partial charge >= 0.3 is 17.9 Å². The molecule has 0 fully saturated rings. The molecule has 0 bridgehead atoms. The summed E-state index contributed by atoms with van der Waals surface area (Å²) >= 11 is 0. The first kappa shape index (κ1) is 54.3. The number of rotatable bonds is 41. The largest absolute Gasteiger partial charge is 0.477 e. The highest BCUT2D eigenvalue weighted by Crippen LogP contribution is 2.15. The molecule has 8 nitrogen and oxygen atoms in total. The smallest absolute Gasteiger partial charge is 0.362 e. The topological polar surface area (TPSA) is 99.1 Å². The van der Waals surface area contributed by atoms with Crippen LogP contribution in [0.25, 0.3) is 0 Å². The highest BCUT2D eigenvalue weighted by atomic mass is 16.6. The summed E-state index contributed by atoms with van der Waals surface area (Å²) in [7, 11) is 5.51. The zero-order valence-corrected chi connectivity index (χ0v) is 37.5. The van der Waals surface area contributed by atoms with Crippen molar-refractivity contribution >= 4 is 17.9 Å². The summed E-state index contributed by atoms with van der Waals surface area (Å²) in [4.78, 5) is 37.0. The number of likely N-dealkylation sites (N-methyl/N-ethyl adjacent to an activating group) is 1. The molecule has 0 amide bonds. The molecule has 1 N–H and O–H groups in total. The fourth-order valence-corrected chi connectivity index (χ4v) is 6.67. The third kappa shape index (κ3) is 38.6. The first-order valence-corrected chi connectivity index (χ1v) is 23.2. The molecule has 0 aliphatic heterocycles. The van der Waals surface area contributed by atoms with Crippen molar-refractivity contribution in [3.63, 3.8) is 0 Å². The van der Waals surface area contributed by atoms with Crippen LogP contribution in [0.4, 0.5) is 0 Å². The Morgan fingerprint density at radius 2 is 0.982 bits per heavy atom. The summed E-state index contributed by atoms with van der Waals surface area (Å²) in [5, 5.41) is 9.62. The fraction of sp³-hybridized carbons (Fsp3) is 0.776. The number of hydrogen-bond donors (Lipinski definition) is 1. The number of unbranched alkanes of at least 4 members (excludes halogenated alkanes) is 19. The first-order valence-electron chi connectivity index (χ1n) is 23.2. The Balaban J connectivity index is 4.34. The van der Waals surface area contributed by atoms with Crippen LogP contribution in [-0.2, 0) is 28.6 Å². The van der Waals surface area contributed by atoms with E-state index in [1.54, 1.807) is 0 Å². The minimum Gasteiger partial charge on any atom is -0.477 e. The predicted molar refractivity (Wildman–Crippen MR) is 238 cm³/mol. The van der Waals surface area contributed by atoms with Crippen LogP contribution in [-0.4, -0.2) is 80.6 Å². The molecule has 0 spiro atoms. The molecule has 330 valence electrons. The Hall–Kier alpha value is -2.71. The average Bonchev–Trinajstić information content (AvgIpc) is 3.17. The van der Waals surface area contributed by atoms with Crippen LogP contribution in [0.2, 0.25) is 0 Å². The molecule has 2 atom stereocenters. The maximum absolute atomic E-state index is 12.7. The lowest BCUT2D eigenvalue weighted by molar-refractivity contribution is -0.887. The van der Waals surface area contributed by atoms with E-state index < -0.39 is 18.1 Å². The van der Waals surface area contributed by atoms with E-state index in [4.69, 9.17) is 14.2 Å². The summed E-state index contributed by atoms with van der Waals surface area (Å²) in [5.74, 6) is -1.52. The molecule has 0 radical (unpaired) electrons. The summed E-state index contributed by atoms with van der Waals surface area (Å²) in [5.41, 5.74) is 0. The predicted octanol–water partition coefficient (Wildman–Crippen LogP) is 12.8. The molecule has 2 unspecified atom stereocenters. The van der Waals surface area contributed by atoms with Gasteiger partial charge in [0, 0.05) is 19.3 Å². The summed E-state index contributed by atoms with van der Waals surface area (Å²) in [6.45, 7) is 4.59. The number of hydrogen-bond acceptors (Lipinski definition) is 6. The molecule has 0 aliphatic carbocycles. The maximum atomic E-state index is 12.7. The van der Waals surface area contributed by atoms with Crippen molar-refractivity contribution in [1.82, 2.24) is 0 Å². The number of ether oxygens (including phenoxy) is 3. The third-order valence-electron chi connectivity index (χ3n) is 10.2. The van der Waals surface area contributed by atoms with Crippen LogP contribution in [0.5, 0.6) is 0 Å². The highest BCUT2D eigenvalue weighted by molar-refractivity contribution is 5.72. The molecule has 0 rings (SSSR count). The maximum Gasteiger partial charge on any atom is 0.362 e. The van der Waals surface area contributed by atoms with Gasteiger partial charge < -0.3 is 23.8 Å². The van der Waals surface area contributed by atoms with E-state index in [0.717, 1.165) is 57.8 Å². The van der Waals surface area contributed by atoms with Crippen LogP contribution in [0.1, 0.15) is 194 Å². The summed E-state index contributed by atoms with van der Waals surface area (Å²) < 4.78 is 17.3. The second kappa shape index (κ2) is 40.1. The Kier molecular flexibility index (Phi) is 38.2. The Morgan fingerprint density at radius 3 is 1.46 bits per heavy atom. The van der Waals surface area contributed by atoms with Crippen molar-refractivity contribution < 1.29 is 38.2 Å². The second-order valence-corrected chi connectivity index (χ2v) is 16.6. The quantitative estimate of drug-likeness (QED) is 0.0284. The second-order valence-electron chi connectivity index (χ2n) is 16.6. The number of carboxylic acid groups (broad SMARTS) is 1. The van der Waals surface area contributed by atoms with Crippen molar-refractivity contribution in [2.75, 3.05) is 41.0 Å². The molecule has 0 aliphatic rings. The van der Waals surface area contributed by atoms with Gasteiger partial charge in [-0.05, 0) is 51.4 Å². The van der Waals surface area contributed by atoms with Gasteiger partial charge in [0.1, 0.15) is 6.61 Å². The van der Waals surface area contributed by atoms with Gasteiger partial charge in [0.15, 0.2) is 12.1 Å². The van der Waals surface area contributed by atoms with Crippen LogP contribution in [0.15, 0.2) is 48.6 Å². The van der Waals surface area contributed by atoms with E-state index in [2.05, 4.69) is 62.5 Å². The molecule has 0 aromatic heterocycles. The number of allylic oxidation sites excluding steroid dienone is 8. The van der Waals surface area contributed by atoms with Gasteiger partial charge in [-0.15, -0.1) is 0 Å². The van der Waals surface area contributed by atoms with Gasteiger partial charge in [0.2, 0.25) is 0 Å². The average molecular weight is 803 g/mol. The molecule has 0 aromatic carbocycles. The van der Waals surface area contributed by atoms with E-state index in [9.17, 15) is 19.5 Å². The fourth-order valence-electron chi connectivity index (χ4n) is 6.67. The van der Waals surface area contributed by atoms with E-state index in [1.165, 1.54) is 96.3 Å². The number of nitrogens with zero attached hydrogens (tertiary/aromatic N) is 1. The Labute approximate surface area is 350 Å². The molecular formula is C49H88NO7+. The van der Waals surface area contributed by atoms with E-state index in [0.29, 0.717) is 19.3 Å². The third-order valence-corrected chi connectivity index (χ3v) is 10.2. The zero-order chi connectivity index (χ0) is 42.1. The van der Waals surface area contributed by atoms with Crippen molar-refractivity contribution in [2.24, 2.45) is 0 Å². The Morgan fingerprint density at radius 1 is 0.544 bits per heavy atom. The first-order chi connectivity index (χ1) is 27.6. The monoisotopic (exact) mass is 803 g/mol. The molecule has 57 heavy (non-hydrogen) atoms. The molecular weight excluding hydrogens is 715 g/mol. The highest BCUT2D eigenvalue weighted by Gasteiger charge is 2.31. The molecule has 0 heterocycles. The lowest BCUT2D eigenvalue weighted by Gasteiger charge is -2.31. The SMILES string of the molecule is CC/C=C\C/C=C\C/C=C\C/C=C\CCCCC(=O)OC(COCCC(C(=O)O)[N+](C)(C)C)COC(=O)CCCCCCCCCCCCCCCCCCCC. The molecule has 0 saturated carbocycles. The van der Waals surface area contributed by atoms with Gasteiger partial charge in [-0.2, -0.15) is 0 Å². The van der Waals surface area contributed by atoms with Crippen LogP contribution in [0, 0.1) is 0 Å². The number of carbonyl (C=O) groups excluding carboxylic acids is 2. The van der Waals surface area contributed by atoms with E-state index in [1.807, 2.05) is 21.1 Å². The van der Waals surface area contributed by atoms with Gasteiger partial charge in [-0.1, -0.05) is 172 Å². The number of aliphatic carboxylic acids is 1. The van der Waals surface area contributed by atoms with Crippen molar-refractivity contribution in [3.05, 3.63) is 48.6 Å². The minimum absolute atomic E-state index is 0.0453. The molecule has 0 saturated heterocycles. The van der Waals surface area contributed by atoms with Crippen LogP contribution >= 0.6 is 0 Å². The lowest BCUT2D eigenvalue weighted by atomic mass is 10.0. The number of esters is 2. The normalized spacial score (nSPS) is 13.4. The number of quaternary nitrogens is 1. The van der Waals surface area contributed by atoms with Crippen LogP contribution < -0.4 is 0 Å². The lowest BCUT2D eigenvalue weighted by Crippen LogP contribution is -2.50. The van der Waals surface area contributed by atoms with E-state index >= 15 is 0 Å². The Bertz CT molecular complexity index is 1070. The van der Waals surface area contributed by atoms with Crippen LogP contribution in [0.3, 0.4) is 0 Å².